The number of aromatic nitrogens is 2. The van der Waals surface area contributed by atoms with E-state index in [1.807, 2.05) is 41.8 Å². The number of rotatable bonds is 5. The first-order chi connectivity index (χ1) is 12.5. The highest BCUT2D eigenvalue weighted by molar-refractivity contribution is 6.31. The number of carbonyl (C=O) groups excluding carboxylic acids is 1. The summed E-state index contributed by atoms with van der Waals surface area (Å²) in [7, 11) is 1.32. The minimum absolute atomic E-state index is 0.311. The van der Waals surface area contributed by atoms with Crippen LogP contribution in [-0.2, 0) is 16.1 Å². The van der Waals surface area contributed by atoms with Crippen molar-refractivity contribution in [1.82, 2.24) is 9.55 Å². The summed E-state index contributed by atoms with van der Waals surface area (Å²) in [5.41, 5.74) is 2.41. The highest BCUT2D eigenvalue weighted by Gasteiger charge is 2.14. The second kappa shape index (κ2) is 7.81. The first kappa shape index (κ1) is 18.3. The predicted molar refractivity (Wildman–Crippen MR) is 101 cm³/mol. The van der Waals surface area contributed by atoms with Gasteiger partial charge in [0.25, 0.3) is 0 Å². The molecule has 26 heavy (non-hydrogen) atoms. The molecule has 0 spiro atoms. The molecule has 2 aromatic heterocycles. The van der Waals surface area contributed by atoms with Gasteiger partial charge in [0.2, 0.25) is 0 Å². The molecule has 0 atom stereocenters. The van der Waals surface area contributed by atoms with Crippen LogP contribution < -0.4 is 0 Å². The fourth-order valence-corrected chi connectivity index (χ4v) is 3.09. The number of imidazole rings is 1. The first-order valence-corrected chi connectivity index (χ1v) is 8.56. The fourth-order valence-electron chi connectivity index (χ4n) is 2.56. The number of esters is 1. The molecule has 5 nitrogen and oxygen atoms in total. The number of nitrogens with zero attached hydrogens (tertiary/aromatic N) is 2. The number of hydrogen-bond donors (Lipinski definition) is 0. The molecule has 3 rings (SSSR count). The van der Waals surface area contributed by atoms with E-state index in [0.29, 0.717) is 28.2 Å². The van der Waals surface area contributed by atoms with Crippen LogP contribution in [0.25, 0.3) is 17.4 Å². The van der Waals surface area contributed by atoms with E-state index in [2.05, 4.69) is 9.72 Å². The molecule has 0 aliphatic carbocycles. The molecule has 3 aromatic rings. The molecule has 0 N–H and O–H groups in total. The predicted octanol–water partition coefficient (Wildman–Crippen LogP) is 4.99. The van der Waals surface area contributed by atoms with Gasteiger partial charge in [-0.15, -0.1) is 0 Å². The molecule has 134 valence electrons. The van der Waals surface area contributed by atoms with E-state index in [1.54, 1.807) is 12.3 Å². The second-order valence-electron chi connectivity index (χ2n) is 5.56. The molecule has 0 bridgehead atoms. The Labute approximate surface area is 160 Å². The maximum Gasteiger partial charge on any atom is 0.330 e. The lowest BCUT2D eigenvalue weighted by Crippen LogP contribution is -2.05. The Morgan fingerprint density at radius 3 is 2.81 bits per heavy atom. The van der Waals surface area contributed by atoms with Crippen LogP contribution in [0.1, 0.15) is 17.1 Å². The van der Waals surface area contributed by atoms with Crippen molar-refractivity contribution >= 4 is 35.2 Å². The number of carbonyl (C=O) groups is 1. The molecule has 0 amide bonds. The summed E-state index contributed by atoms with van der Waals surface area (Å²) in [6.45, 7) is 2.30. The standard InChI is InChI=1S/C19H16Cl2N2O3/c1-12-22-19(21)16(7-8-18(24)25-2)23(12)11-14-6-5-13(10-15(14)20)17-4-3-9-26-17/h3-10H,11H2,1-2H3. The van der Waals surface area contributed by atoms with Gasteiger partial charge in [-0.05, 0) is 36.8 Å². The molecule has 0 aliphatic heterocycles. The van der Waals surface area contributed by atoms with Crippen molar-refractivity contribution in [3.05, 3.63) is 69.9 Å². The summed E-state index contributed by atoms with van der Waals surface area (Å²) >= 11 is 12.7. The van der Waals surface area contributed by atoms with Crippen molar-refractivity contribution in [3.8, 4) is 11.3 Å². The van der Waals surface area contributed by atoms with E-state index >= 15 is 0 Å². The Morgan fingerprint density at radius 2 is 2.15 bits per heavy atom. The zero-order chi connectivity index (χ0) is 18.7. The van der Waals surface area contributed by atoms with Crippen LogP contribution in [0, 0.1) is 6.92 Å². The zero-order valence-corrected chi connectivity index (χ0v) is 15.7. The normalized spacial score (nSPS) is 11.2. The van der Waals surface area contributed by atoms with Gasteiger partial charge in [0.05, 0.1) is 25.6 Å². The van der Waals surface area contributed by atoms with Gasteiger partial charge >= 0.3 is 5.97 Å². The third-order valence-electron chi connectivity index (χ3n) is 3.92. The number of benzene rings is 1. The Morgan fingerprint density at radius 1 is 1.35 bits per heavy atom. The Kier molecular flexibility index (Phi) is 5.49. The van der Waals surface area contributed by atoms with Gasteiger partial charge in [-0.2, -0.15) is 0 Å². The van der Waals surface area contributed by atoms with E-state index in [9.17, 15) is 4.79 Å². The van der Waals surface area contributed by atoms with Gasteiger partial charge in [0, 0.05) is 16.7 Å². The number of aryl methyl sites for hydroxylation is 1. The van der Waals surface area contributed by atoms with Crippen LogP contribution in [0.3, 0.4) is 0 Å². The third kappa shape index (κ3) is 3.84. The molecular formula is C19H16Cl2N2O3. The number of halogens is 2. The Balaban J connectivity index is 1.92. The summed E-state index contributed by atoms with van der Waals surface area (Å²) < 4.78 is 11.9. The molecule has 1 aromatic carbocycles. The number of hydrogen-bond acceptors (Lipinski definition) is 4. The van der Waals surface area contributed by atoms with Crippen molar-refractivity contribution in [2.45, 2.75) is 13.5 Å². The molecule has 0 aliphatic rings. The monoisotopic (exact) mass is 390 g/mol. The number of ether oxygens (including phenoxy) is 1. The van der Waals surface area contributed by atoms with Crippen LogP contribution in [0.4, 0.5) is 0 Å². The molecule has 0 saturated carbocycles. The quantitative estimate of drug-likeness (QED) is 0.454. The Bertz CT molecular complexity index is 960. The summed E-state index contributed by atoms with van der Waals surface area (Å²) in [4.78, 5) is 15.6. The number of furan rings is 1. The van der Waals surface area contributed by atoms with Crippen LogP contribution in [0.5, 0.6) is 0 Å². The van der Waals surface area contributed by atoms with Crippen LogP contribution in [0.15, 0.2) is 47.1 Å². The van der Waals surface area contributed by atoms with Gasteiger partial charge in [-0.3, -0.25) is 0 Å². The molecule has 0 radical (unpaired) electrons. The van der Waals surface area contributed by atoms with E-state index < -0.39 is 5.97 Å². The van der Waals surface area contributed by atoms with E-state index in [4.69, 9.17) is 27.6 Å². The number of methoxy groups -OCH3 is 1. The molecule has 7 heteroatoms. The van der Waals surface area contributed by atoms with Gasteiger partial charge in [0.1, 0.15) is 11.6 Å². The van der Waals surface area contributed by atoms with Gasteiger partial charge in [0.15, 0.2) is 5.15 Å². The van der Waals surface area contributed by atoms with Crippen LogP contribution >= 0.6 is 23.2 Å². The van der Waals surface area contributed by atoms with Crippen molar-refractivity contribution in [2.24, 2.45) is 0 Å². The fraction of sp³-hybridized carbons (Fsp3) is 0.158. The highest BCUT2D eigenvalue weighted by Crippen LogP contribution is 2.28. The minimum Gasteiger partial charge on any atom is -0.466 e. The third-order valence-corrected chi connectivity index (χ3v) is 4.55. The summed E-state index contributed by atoms with van der Waals surface area (Å²) in [5.74, 6) is 1.00. The maximum atomic E-state index is 11.4. The van der Waals surface area contributed by atoms with Crippen molar-refractivity contribution in [1.29, 1.82) is 0 Å². The van der Waals surface area contributed by atoms with E-state index in [0.717, 1.165) is 16.9 Å². The van der Waals surface area contributed by atoms with Crippen LogP contribution in [0.2, 0.25) is 10.2 Å². The average Bonchev–Trinajstić information content (AvgIpc) is 3.24. The summed E-state index contributed by atoms with van der Waals surface area (Å²) in [6.07, 6.45) is 4.51. The van der Waals surface area contributed by atoms with Crippen molar-refractivity contribution in [2.75, 3.05) is 7.11 Å². The molecular weight excluding hydrogens is 375 g/mol. The SMILES string of the molecule is COC(=O)C=Cc1c(Cl)nc(C)n1Cc1ccc(-c2ccco2)cc1Cl. The lowest BCUT2D eigenvalue weighted by atomic mass is 10.1. The zero-order valence-electron chi connectivity index (χ0n) is 14.2. The topological polar surface area (TPSA) is 57.3 Å². The highest BCUT2D eigenvalue weighted by atomic mass is 35.5. The van der Waals surface area contributed by atoms with E-state index in [1.165, 1.54) is 13.2 Å². The average molecular weight is 391 g/mol. The van der Waals surface area contributed by atoms with Crippen molar-refractivity contribution in [3.63, 3.8) is 0 Å². The maximum absolute atomic E-state index is 11.4. The minimum atomic E-state index is -0.465. The van der Waals surface area contributed by atoms with Crippen LogP contribution in [-0.4, -0.2) is 22.6 Å². The largest absolute Gasteiger partial charge is 0.466 e. The molecule has 0 saturated heterocycles. The lowest BCUT2D eigenvalue weighted by molar-refractivity contribution is -0.134. The first-order valence-electron chi connectivity index (χ1n) is 7.80. The smallest absolute Gasteiger partial charge is 0.330 e. The van der Waals surface area contributed by atoms with Gasteiger partial charge in [-0.25, -0.2) is 9.78 Å². The van der Waals surface area contributed by atoms with E-state index in [-0.39, 0.29) is 0 Å². The van der Waals surface area contributed by atoms with Gasteiger partial charge < -0.3 is 13.7 Å². The van der Waals surface area contributed by atoms with Crippen molar-refractivity contribution < 1.29 is 13.9 Å². The summed E-state index contributed by atoms with van der Waals surface area (Å²) in [5, 5.41) is 0.914. The molecule has 0 unspecified atom stereocenters. The summed E-state index contributed by atoms with van der Waals surface area (Å²) in [6, 6.07) is 9.43. The molecule has 0 fully saturated rings. The lowest BCUT2D eigenvalue weighted by Gasteiger charge is -2.11. The second-order valence-corrected chi connectivity index (χ2v) is 6.33. The molecule has 2 heterocycles. The Hall–Kier alpha value is -2.50. The van der Waals surface area contributed by atoms with Gasteiger partial charge in [-0.1, -0.05) is 35.3 Å².